The van der Waals surface area contributed by atoms with E-state index in [4.69, 9.17) is 0 Å². The summed E-state index contributed by atoms with van der Waals surface area (Å²) in [6.07, 6.45) is 4.39. The summed E-state index contributed by atoms with van der Waals surface area (Å²) in [6.45, 7) is 15.6. The van der Waals surface area contributed by atoms with Crippen LogP contribution in [0.3, 0.4) is 0 Å². The molecule has 1 N–H and O–H groups in total. The Hall–Kier alpha value is -3.21. The lowest BCUT2D eigenvalue weighted by Crippen LogP contribution is -2.27. The number of fused-ring (bicyclic) bond motifs is 1. The molecule has 0 aliphatic carbocycles. The molecule has 33 heavy (non-hydrogen) atoms. The van der Waals surface area contributed by atoms with Gasteiger partial charge < -0.3 is 5.11 Å². The molecule has 0 aliphatic rings. The fourth-order valence-corrected chi connectivity index (χ4v) is 4.95. The molecule has 5 heteroatoms. The third-order valence-corrected chi connectivity index (χ3v) is 6.41. The van der Waals surface area contributed by atoms with E-state index in [2.05, 4.69) is 81.8 Å². The summed E-state index contributed by atoms with van der Waals surface area (Å²) < 4.78 is 0. The average molecular weight is 443 g/mol. The summed E-state index contributed by atoms with van der Waals surface area (Å²) in [5.74, 6) is 0.201. The monoisotopic (exact) mass is 442 g/mol. The number of hydrogen-bond donors (Lipinski definition) is 1. The molecule has 0 saturated carbocycles. The topological polar surface area (TPSA) is 63.8 Å². The molecule has 5 nitrogen and oxygen atoms in total. The van der Waals surface area contributed by atoms with E-state index < -0.39 is 5.41 Å². The molecule has 0 unspecified atom stereocenters. The van der Waals surface area contributed by atoms with Gasteiger partial charge >= 0.3 is 0 Å². The first kappa shape index (κ1) is 23.0. The Morgan fingerprint density at radius 3 is 2.12 bits per heavy atom. The Morgan fingerprint density at radius 1 is 0.818 bits per heavy atom. The van der Waals surface area contributed by atoms with Gasteiger partial charge in [0.05, 0.1) is 6.20 Å². The van der Waals surface area contributed by atoms with E-state index in [0.29, 0.717) is 11.2 Å². The summed E-state index contributed by atoms with van der Waals surface area (Å²) in [4.78, 5) is 5.70. The number of benzene rings is 2. The third-order valence-electron chi connectivity index (χ3n) is 6.41. The molecule has 172 valence electrons. The minimum absolute atomic E-state index is 0.115. The predicted octanol–water partition coefficient (Wildman–Crippen LogP) is 6.56. The molecule has 2 aromatic heterocycles. The summed E-state index contributed by atoms with van der Waals surface area (Å²) in [5, 5.41) is 20.8. The molecular formula is C28H34N4O. The molecule has 2 heterocycles. The van der Waals surface area contributed by atoms with Crippen LogP contribution in [0.25, 0.3) is 16.7 Å². The Balaban J connectivity index is 1.97. The van der Waals surface area contributed by atoms with Gasteiger partial charge in [-0.1, -0.05) is 84.9 Å². The van der Waals surface area contributed by atoms with Crippen LogP contribution in [0.1, 0.15) is 71.6 Å². The lowest BCUT2D eigenvalue weighted by molar-refractivity contribution is 0.283. The summed E-state index contributed by atoms with van der Waals surface area (Å²) in [6, 6.07) is 16.4. The summed E-state index contributed by atoms with van der Waals surface area (Å²) in [5.41, 5.74) is 4.81. The fourth-order valence-electron chi connectivity index (χ4n) is 4.95. The standard InChI is InChI=1S/C28H34N4O/c1-26(2,3)18-27(4,5)20-15-21(28(6,7)19-11-9-8-10-12-19)25(33)24(16-20)32-30-22-13-14-29-17-23(22)31-32/h8-17,33H,18H2,1-7H3. The van der Waals surface area contributed by atoms with Crippen LogP contribution in [0, 0.1) is 5.41 Å². The molecule has 0 aliphatic heterocycles. The van der Waals surface area contributed by atoms with E-state index in [0.717, 1.165) is 28.6 Å². The highest BCUT2D eigenvalue weighted by molar-refractivity contribution is 5.72. The maximum atomic E-state index is 11.6. The zero-order valence-electron chi connectivity index (χ0n) is 20.7. The number of pyridine rings is 1. The van der Waals surface area contributed by atoms with E-state index in [1.807, 2.05) is 30.3 Å². The third kappa shape index (κ3) is 4.50. The molecule has 0 fully saturated rings. The molecule has 0 saturated heterocycles. The fraction of sp³-hybridized carbons (Fsp3) is 0.393. The van der Waals surface area contributed by atoms with E-state index in [1.54, 1.807) is 17.2 Å². The minimum Gasteiger partial charge on any atom is -0.505 e. The van der Waals surface area contributed by atoms with Crippen molar-refractivity contribution in [1.82, 2.24) is 20.0 Å². The SMILES string of the molecule is CC(C)(C)CC(C)(C)c1cc(-n2nc3ccncc3n2)c(O)c(C(C)(C)c2ccccc2)c1. The highest BCUT2D eigenvalue weighted by Crippen LogP contribution is 2.44. The lowest BCUT2D eigenvalue weighted by Gasteiger charge is -2.35. The molecule has 0 atom stereocenters. The number of rotatable bonds is 5. The van der Waals surface area contributed by atoms with E-state index in [1.165, 1.54) is 0 Å². The van der Waals surface area contributed by atoms with Crippen molar-refractivity contribution in [2.24, 2.45) is 5.41 Å². The molecule has 2 aromatic carbocycles. The maximum absolute atomic E-state index is 11.6. The van der Waals surface area contributed by atoms with Crippen molar-refractivity contribution >= 4 is 11.0 Å². The van der Waals surface area contributed by atoms with Crippen LogP contribution < -0.4 is 0 Å². The summed E-state index contributed by atoms with van der Waals surface area (Å²) in [7, 11) is 0. The van der Waals surface area contributed by atoms with Gasteiger partial charge in [0.2, 0.25) is 0 Å². The first-order chi connectivity index (χ1) is 15.4. The Bertz CT molecular complexity index is 1250. The van der Waals surface area contributed by atoms with Crippen LogP contribution in [-0.4, -0.2) is 25.1 Å². The van der Waals surface area contributed by atoms with Crippen LogP contribution in [0.4, 0.5) is 0 Å². The number of nitrogens with zero attached hydrogens (tertiary/aromatic N) is 4. The second kappa shape index (κ2) is 7.98. The van der Waals surface area contributed by atoms with Crippen LogP contribution >= 0.6 is 0 Å². The van der Waals surface area contributed by atoms with Gasteiger partial charge in [-0.25, -0.2) is 0 Å². The van der Waals surface area contributed by atoms with Crippen molar-refractivity contribution < 1.29 is 5.11 Å². The van der Waals surface area contributed by atoms with Crippen LogP contribution in [0.2, 0.25) is 0 Å². The Kier molecular flexibility index (Phi) is 5.55. The lowest BCUT2D eigenvalue weighted by atomic mass is 9.70. The normalized spacial score (nSPS) is 12.9. The van der Waals surface area contributed by atoms with Crippen molar-refractivity contribution in [3.05, 3.63) is 77.6 Å². The molecule has 4 aromatic rings. The number of aromatic nitrogens is 4. The van der Waals surface area contributed by atoms with Gasteiger partial charge in [-0.05, 0) is 40.5 Å². The molecule has 0 amide bonds. The van der Waals surface area contributed by atoms with Crippen molar-refractivity contribution in [3.8, 4) is 11.4 Å². The first-order valence-corrected chi connectivity index (χ1v) is 11.5. The number of aromatic hydroxyl groups is 1. The van der Waals surface area contributed by atoms with Crippen molar-refractivity contribution in [2.45, 2.75) is 65.7 Å². The van der Waals surface area contributed by atoms with Gasteiger partial charge in [0, 0.05) is 17.2 Å². The highest BCUT2D eigenvalue weighted by Gasteiger charge is 2.33. The van der Waals surface area contributed by atoms with Crippen LogP contribution in [-0.2, 0) is 10.8 Å². The molecule has 4 rings (SSSR count). The second-order valence-corrected chi connectivity index (χ2v) is 11.4. The quantitative estimate of drug-likeness (QED) is 0.380. The van der Waals surface area contributed by atoms with Gasteiger partial charge in [0.25, 0.3) is 0 Å². The number of phenols is 1. The van der Waals surface area contributed by atoms with Gasteiger partial charge in [0.15, 0.2) is 0 Å². The number of hydrogen-bond acceptors (Lipinski definition) is 4. The van der Waals surface area contributed by atoms with Crippen molar-refractivity contribution in [2.75, 3.05) is 0 Å². The smallest absolute Gasteiger partial charge is 0.147 e. The van der Waals surface area contributed by atoms with Crippen LogP contribution in [0.5, 0.6) is 5.75 Å². The van der Waals surface area contributed by atoms with Gasteiger partial charge in [-0.3, -0.25) is 4.98 Å². The van der Waals surface area contributed by atoms with Crippen LogP contribution in [0.15, 0.2) is 60.9 Å². The molecule has 0 bridgehead atoms. The van der Waals surface area contributed by atoms with Crippen molar-refractivity contribution in [3.63, 3.8) is 0 Å². The zero-order chi connectivity index (χ0) is 24.0. The number of phenolic OH excluding ortho intramolecular Hbond substituents is 1. The minimum atomic E-state index is -0.415. The van der Waals surface area contributed by atoms with E-state index in [-0.39, 0.29) is 16.6 Å². The van der Waals surface area contributed by atoms with E-state index in [9.17, 15) is 5.11 Å². The molecule has 0 spiro atoms. The second-order valence-electron chi connectivity index (χ2n) is 11.4. The largest absolute Gasteiger partial charge is 0.505 e. The average Bonchev–Trinajstić information content (AvgIpc) is 3.16. The summed E-state index contributed by atoms with van der Waals surface area (Å²) >= 11 is 0. The van der Waals surface area contributed by atoms with E-state index >= 15 is 0 Å². The Labute approximate surface area is 196 Å². The van der Waals surface area contributed by atoms with Gasteiger partial charge in [-0.15, -0.1) is 15.0 Å². The van der Waals surface area contributed by atoms with Crippen molar-refractivity contribution in [1.29, 1.82) is 0 Å². The maximum Gasteiger partial charge on any atom is 0.147 e. The van der Waals surface area contributed by atoms with Gasteiger partial charge in [0.1, 0.15) is 22.5 Å². The van der Waals surface area contributed by atoms with Gasteiger partial charge in [-0.2, -0.15) is 0 Å². The Morgan fingerprint density at radius 2 is 1.48 bits per heavy atom. The zero-order valence-corrected chi connectivity index (χ0v) is 20.7. The molecular weight excluding hydrogens is 408 g/mol. The highest BCUT2D eigenvalue weighted by atomic mass is 16.3. The first-order valence-electron chi connectivity index (χ1n) is 11.5. The molecule has 0 radical (unpaired) electrons. The predicted molar refractivity (Wildman–Crippen MR) is 134 cm³/mol.